The number of carbonyl (C=O) groups is 4. The van der Waals surface area contributed by atoms with Crippen LogP contribution in [0.4, 0.5) is 0 Å². The van der Waals surface area contributed by atoms with Crippen molar-refractivity contribution in [2.45, 2.75) is 412 Å². The smallest absolute Gasteiger partial charge is 0.462 e. The molecule has 0 saturated carbocycles. The van der Waals surface area contributed by atoms with Gasteiger partial charge in [-0.1, -0.05) is 343 Å². The summed E-state index contributed by atoms with van der Waals surface area (Å²) in [6, 6.07) is 0. The van der Waals surface area contributed by atoms with Crippen LogP contribution in [0, 0.1) is 5.92 Å². The maximum absolute atomic E-state index is 13.1. The maximum Gasteiger partial charge on any atom is 0.472 e. The minimum absolute atomic E-state index is 0.107. The van der Waals surface area contributed by atoms with Crippen molar-refractivity contribution >= 4 is 39.5 Å². The van der Waals surface area contributed by atoms with Gasteiger partial charge < -0.3 is 33.8 Å². The van der Waals surface area contributed by atoms with E-state index in [9.17, 15) is 43.2 Å². The van der Waals surface area contributed by atoms with Crippen LogP contribution in [0.15, 0.2) is 0 Å². The lowest BCUT2D eigenvalue weighted by Gasteiger charge is -2.21. The van der Waals surface area contributed by atoms with E-state index in [1.165, 1.54) is 218 Å². The monoisotopic (exact) mass is 1380 g/mol. The Morgan fingerprint density at radius 2 is 0.511 bits per heavy atom. The molecular weight excluding hydrogens is 1230 g/mol. The van der Waals surface area contributed by atoms with Gasteiger partial charge in [-0.3, -0.25) is 37.3 Å². The van der Waals surface area contributed by atoms with Crippen molar-refractivity contribution in [3.8, 4) is 0 Å². The van der Waals surface area contributed by atoms with Crippen LogP contribution in [0.25, 0.3) is 0 Å². The molecule has 0 aliphatic carbocycles. The van der Waals surface area contributed by atoms with Gasteiger partial charge in [0.1, 0.15) is 19.3 Å². The summed E-state index contributed by atoms with van der Waals surface area (Å²) in [7, 11) is -9.90. The standard InChI is InChI=1S/C75H146O17P2/c1-6-10-13-16-19-22-25-26-27-28-29-30-31-32-33-34-41-46-51-56-61-75(80)92-71(65-86-73(78)59-54-49-44-40-36-35-37-42-47-52-57-68(5)9-4)67-90-94(83,84)88-63-69(76)62-87-93(81,82)89-66-70(91-74(79)60-55-50-45-39-24-21-18-15-12-8-3)64-85-72(77)58-53-48-43-38-23-20-17-14-11-7-2/h68-71,76H,6-67H2,1-5H3,(H,81,82)(H,83,84)/t68?,69-,70+,71+/m0/s1. The second-order valence-corrected chi connectivity index (χ2v) is 30.2. The number of ether oxygens (including phenoxy) is 4. The van der Waals surface area contributed by atoms with E-state index in [2.05, 4.69) is 34.6 Å². The molecule has 0 heterocycles. The molecule has 19 heteroatoms. The molecule has 0 saturated heterocycles. The van der Waals surface area contributed by atoms with Crippen LogP contribution in [0.3, 0.4) is 0 Å². The van der Waals surface area contributed by atoms with Gasteiger partial charge in [0.05, 0.1) is 26.4 Å². The van der Waals surface area contributed by atoms with Gasteiger partial charge in [0.15, 0.2) is 12.2 Å². The van der Waals surface area contributed by atoms with E-state index in [0.717, 1.165) is 95.8 Å². The number of unbranched alkanes of at least 4 members (excludes halogenated alkanes) is 46. The summed E-state index contributed by atoms with van der Waals surface area (Å²) < 4.78 is 68.4. The van der Waals surface area contributed by atoms with E-state index >= 15 is 0 Å². The summed E-state index contributed by atoms with van der Waals surface area (Å²) in [5.41, 5.74) is 0. The van der Waals surface area contributed by atoms with Gasteiger partial charge in [0.25, 0.3) is 0 Å². The number of hydrogen-bond acceptors (Lipinski definition) is 15. The van der Waals surface area contributed by atoms with E-state index in [1.54, 1.807) is 0 Å². The predicted molar refractivity (Wildman–Crippen MR) is 382 cm³/mol. The summed E-state index contributed by atoms with van der Waals surface area (Å²) in [6.45, 7) is 7.29. The first-order valence-electron chi connectivity index (χ1n) is 39.2. The molecule has 0 aliphatic heterocycles. The number of esters is 4. The number of rotatable bonds is 75. The average Bonchev–Trinajstić information content (AvgIpc) is 3.24. The molecule has 94 heavy (non-hydrogen) atoms. The van der Waals surface area contributed by atoms with E-state index in [4.69, 9.17) is 37.0 Å². The normalized spacial score (nSPS) is 14.3. The molecule has 0 aromatic carbocycles. The largest absolute Gasteiger partial charge is 0.472 e. The zero-order chi connectivity index (χ0) is 69.1. The molecule has 0 radical (unpaired) electrons. The number of phosphoric acid groups is 2. The maximum atomic E-state index is 13.1. The Morgan fingerprint density at radius 1 is 0.298 bits per heavy atom. The SMILES string of the molecule is CCCCCCCCCCCCCCCCCCCCCCC(=O)O[C@H](COC(=O)CCCCCCCCCCCCC(C)CC)COP(=O)(O)OC[C@@H](O)COP(=O)(O)OC[C@@H](COC(=O)CCCCCCCCCCCC)OC(=O)CCCCCCCCCCCC. The summed E-state index contributed by atoms with van der Waals surface area (Å²) in [5.74, 6) is -1.31. The highest BCUT2D eigenvalue weighted by atomic mass is 31.2. The molecular formula is C75H146O17P2. The van der Waals surface area contributed by atoms with Crippen LogP contribution in [-0.2, 0) is 65.4 Å². The van der Waals surface area contributed by atoms with Gasteiger partial charge in [0, 0.05) is 25.7 Å². The summed E-state index contributed by atoms with van der Waals surface area (Å²) in [4.78, 5) is 72.7. The molecule has 0 aromatic heterocycles. The third-order valence-electron chi connectivity index (χ3n) is 17.9. The number of hydrogen-bond donors (Lipinski definition) is 3. The highest BCUT2D eigenvalue weighted by Crippen LogP contribution is 2.45. The van der Waals surface area contributed by atoms with Gasteiger partial charge in [0.2, 0.25) is 0 Å². The number of phosphoric ester groups is 2. The fraction of sp³-hybridized carbons (Fsp3) is 0.947. The van der Waals surface area contributed by atoms with Gasteiger partial charge in [-0.15, -0.1) is 0 Å². The Hall–Kier alpha value is -1.94. The van der Waals surface area contributed by atoms with Gasteiger partial charge in [-0.2, -0.15) is 0 Å². The quantitative estimate of drug-likeness (QED) is 0.0222. The average molecular weight is 1380 g/mol. The summed E-state index contributed by atoms with van der Waals surface area (Å²) in [5, 5.41) is 10.6. The second-order valence-electron chi connectivity index (χ2n) is 27.3. The van der Waals surface area contributed by atoms with E-state index in [-0.39, 0.29) is 25.7 Å². The first-order valence-corrected chi connectivity index (χ1v) is 42.2. The Balaban J connectivity index is 5.20. The van der Waals surface area contributed by atoms with Gasteiger partial charge in [-0.25, -0.2) is 9.13 Å². The van der Waals surface area contributed by atoms with Crippen molar-refractivity contribution in [2.24, 2.45) is 5.92 Å². The third-order valence-corrected chi connectivity index (χ3v) is 19.8. The molecule has 0 aliphatic rings. The van der Waals surface area contributed by atoms with Crippen LogP contribution in [0.2, 0.25) is 0 Å². The van der Waals surface area contributed by atoms with Crippen LogP contribution in [-0.4, -0.2) is 96.7 Å². The molecule has 558 valence electrons. The third kappa shape index (κ3) is 67.3. The number of carbonyl (C=O) groups excluding carboxylic acids is 4. The summed E-state index contributed by atoms with van der Waals surface area (Å²) in [6.07, 6.45) is 56.8. The first kappa shape index (κ1) is 92.1. The minimum Gasteiger partial charge on any atom is -0.462 e. The van der Waals surface area contributed by atoms with E-state index in [1.807, 2.05) is 0 Å². The Kier molecular flexibility index (Phi) is 66.8. The Labute approximate surface area is 575 Å². The molecule has 3 unspecified atom stereocenters. The summed E-state index contributed by atoms with van der Waals surface area (Å²) >= 11 is 0. The van der Waals surface area contributed by atoms with E-state index < -0.39 is 97.5 Å². The lowest BCUT2D eigenvalue weighted by atomic mass is 9.99. The topological polar surface area (TPSA) is 237 Å². The number of aliphatic hydroxyl groups is 1. The van der Waals surface area contributed by atoms with Gasteiger partial charge in [-0.05, 0) is 31.6 Å². The van der Waals surface area contributed by atoms with Crippen LogP contribution < -0.4 is 0 Å². The van der Waals surface area contributed by atoms with Crippen LogP contribution in [0.5, 0.6) is 0 Å². The van der Waals surface area contributed by atoms with Crippen molar-refractivity contribution in [3.05, 3.63) is 0 Å². The van der Waals surface area contributed by atoms with Crippen LogP contribution >= 0.6 is 15.6 Å². The molecule has 6 atom stereocenters. The van der Waals surface area contributed by atoms with Crippen molar-refractivity contribution in [1.29, 1.82) is 0 Å². The second kappa shape index (κ2) is 68.2. The molecule has 0 fully saturated rings. The Morgan fingerprint density at radius 3 is 0.755 bits per heavy atom. The molecule has 0 rings (SSSR count). The van der Waals surface area contributed by atoms with Crippen LogP contribution in [0.1, 0.15) is 394 Å². The van der Waals surface area contributed by atoms with Gasteiger partial charge >= 0.3 is 39.5 Å². The lowest BCUT2D eigenvalue weighted by molar-refractivity contribution is -0.161. The molecule has 0 spiro atoms. The predicted octanol–water partition coefficient (Wildman–Crippen LogP) is 22.1. The Bertz CT molecular complexity index is 1810. The number of aliphatic hydroxyl groups excluding tert-OH is 1. The first-order chi connectivity index (χ1) is 45.6. The molecule has 3 N–H and O–H groups in total. The van der Waals surface area contributed by atoms with Crippen molar-refractivity contribution in [2.75, 3.05) is 39.6 Å². The molecule has 17 nitrogen and oxygen atoms in total. The zero-order valence-electron chi connectivity index (χ0n) is 61.1. The fourth-order valence-corrected chi connectivity index (χ4v) is 13.1. The minimum atomic E-state index is -4.96. The molecule has 0 bridgehead atoms. The highest BCUT2D eigenvalue weighted by Gasteiger charge is 2.30. The van der Waals surface area contributed by atoms with Crippen molar-refractivity contribution in [3.63, 3.8) is 0 Å². The van der Waals surface area contributed by atoms with E-state index in [0.29, 0.717) is 25.7 Å². The lowest BCUT2D eigenvalue weighted by Crippen LogP contribution is -2.30. The van der Waals surface area contributed by atoms with Crippen molar-refractivity contribution in [1.82, 2.24) is 0 Å². The zero-order valence-corrected chi connectivity index (χ0v) is 62.9. The highest BCUT2D eigenvalue weighted by molar-refractivity contribution is 7.47. The molecule has 0 aromatic rings. The fourth-order valence-electron chi connectivity index (χ4n) is 11.5. The van der Waals surface area contributed by atoms with Crippen molar-refractivity contribution < 1.29 is 80.2 Å². The molecule has 0 amide bonds.